The Morgan fingerprint density at radius 1 is 0.861 bits per heavy atom. The van der Waals surface area contributed by atoms with Gasteiger partial charge in [0.25, 0.3) is 0 Å². The number of piperidine rings is 1. The van der Waals surface area contributed by atoms with Gasteiger partial charge in [-0.1, -0.05) is 72.8 Å². The van der Waals surface area contributed by atoms with Gasteiger partial charge in [0, 0.05) is 11.1 Å². The molecule has 1 aliphatic heterocycles. The Hall–Kier alpha value is -3.24. The molecule has 1 spiro atoms. The van der Waals surface area contributed by atoms with Gasteiger partial charge in [0.05, 0.1) is 17.9 Å². The molecule has 5 rings (SSSR count). The molecule has 1 fully saturated rings. The first-order valence-corrected chi connectivity index (χ1v) is 13.1. The molecule has 2 aliphatic rings. The quantitative estimate of drug-likeness (QED) is 0.310. The van der Waals surface area contributed by atoms with Crippen molar-refractivity contribution in [2.45, 2.75) is 57.5 Å². The van der Waals surface area contributed by atoms with Crippen molar-refractivity contribution in [2.24, 2.45) is 4.99 Å². The molecule has 1 aliphatic carbocycles. The van der Waals surface area contributed by atoms with Crippen molar-refractivity contribution < 1.29 is 9.53 Å². The number of ether oxygens (including phenoxy) is 1. The van der Waals surface area contributed by atoms with Crippen molar-refractivity contribution in [3.8, 4) is 0 Å². The Balaban J connectivity index is 1.40. The van der Waals surface area contributed by atoms with E-state index < -0.39 is 5.60 Å². The van der Waals surface area contributed by atoms with Crippen LogP contribution in [0.4, 0.5) is 5.69 Å². The highest BCUT2D eigenvalue weighted by atomic mass is 16.6. The van der Waals surface area contributed by atoms with Gasteiger partial charge in [0.1, 0.15) is 5.60 Å². The van der Waals surface area contributed by atoms with Crippen molar-refractivity contribution in [1.29, 1.82) is 0 Å². The first kappa shape index (κ1) is 24.5. The maximum atomic E-state index is 12.3. The molecular formula is C32H36N2O2. The third-order valence-corrected chi connectivity index (χ3v) is 7.49. The van der Waals surface area contributed by atoms with Gasteiger partial charge in [-0.25, -0.2) is 4.99 Å². The van der Waals surface area contributed by atoms with Crippen molar-refractivity contribution >= 4 is 17.4 Å². The topological polar surface area (TPSA) is 41.9 Å². The maximum Gasteiger partial charge on any atom is 0.320 e. The first-order valence-electron chi connectivity index (χ1n) is 13.1. The molecular weight excluding hydrogens is 444 g/mol. The number of carbonyl (C=O) groups excluding carboxylic acids is 1. The predicted octanol–water partition coefficient (Wildman–Crippen LogP) is 6.48. The second kappa shape index (κ2) is 10.0. The fourth-order valence-electron chi connectivity index (χ4n) is 5.76. The van der Waals surface area contributed by atoms with E-state index in [1.54, 1.807) is 0 Å². The standard InChI is InChI=1S/C32H36N2O2/c1-31(2,3)36-29(35)23-34-21-19-32(20-22-34)18-17-26-27(32)15-10-16-28(26)33-30(24-11-6-4-7-12-24)25-13-8-5-9-14-25/h4-16H,17-23H2,1-3H3. The largest absolute Gasteiger partial charge is 0.459 e. The van der Waals surface area contributed by atoms with Gasteiger partial charge in [0.15, 0.2) is 0 Å². The molecule has 0 N–H and O–H groups in total. The predicted molar refractivity (Wildman–Crippen MR) is 146 cm³/mol. The monoisotopic (exact) mass is 480 g/mol. The number of aliphatic imine (C=N–C) groups is 1. The van der Waals surface area contributed by atoms with Crippen molar-refractivity contribution in [3.63, 3.8) is 0 Å². The number of fused-ring (bicyclic) bond motifs is 2. The van der Waals surface area contributed by atoms with Crippen molar-refractivity contribution in [2.75, 3.05) is 19.6 Å². The number of hydrogen-bond acceptors (Lipinski definition) is 4. The Bertz CT molecular complexity index is 1190. The maximum absolute atomic E-state index is 12.3. The van der Waals surface area contributed by atoms with Crippen molar-refractivity contribution in [1.82, 2.24) is 4.90 Å². The Kier molecular flexibility index (Phi) is 6.81. The van der Waals surface area contributed by atoms with E-state index in [0.29, 0.717) is 6.54 Å². The van der Waals surface area contributed by atoms with Crippen molar-refractivity contribution in [3.05, 3.63) is 101 Å². The number of hydrogen-bond donors (Lipinski definition) is 0. The molecule has 36 heavy (non-hydrogen) atoms. The number of esters is 1. The molecule has 1 heterocycles. The number of nitrogens with zero attached hydrogens (tertiary/aromatic N) is 2. The first-order chi connectivity index (χ1) is 17.3. The second-order valence-corrected chi connectivity index (χ2v) is 11.1. The summed E-state index contributed by atoms with van der Waals surface area (Å²) in [6.45, 7) is 7.99. The highest BCUT2D eigenvalue weighted by Gasteiger charge is 2.42. The summed E-state index contributed by atoms with van der Waals surface area (Å²) in [5.74, 6) is -0.128. The molecule has 1 saturated heterocycles. The van der Waals surface area contributed by atoms with E-state index in [2.05, 4.69) is 71.6 Å². The zero-order valence-electron chi connectivity index (χ0n) is 21.7. The minimum absolute atomic E-state index is 0.128. The van der Waals surface area contributed by atoms with E-state index in [1.165, 1.54) is 11.1 Å². The van der Waals surface area contributed by atoms with Gasteiger partial charge in [-0.15, -0.1) is 0 Å². The third kappa shape index (κ3) is 5.29. The second-order valence-electron chi connectivity index (χ2n) is 11.1. The highest BCUT2D eigenvalue weighted by molar-refractivity contribution is 6.14. The van der Waals surface area contributed by atoms with Crippen LogP contribution in [0.25, 0.3) is 0 Å². The molecule has 4 heteroatoms. The summed E-state index contributed by atoms with van der Waals surface area (Å²) < 4.78 is 5.54. The molecule has 0 bridgehead atoms. The SMILES string of the molecule is CC(C)(C)OC(=O)CN1CCC2(CCc3c(N=C(c4ccccc4)c4ccccc4)cccc32)CC1. The zero-order valence-corrected chi connectivity index (χ0v) is 21.7. The van der Waals surface area contributed by atoms with Gasteiger partial charge >= 0.3 is 5.97 Å². The minimum Gasteiger partial charge on any atom is -0.459 e. The van der Waals surface area contributed by atoms with Crippen LogP contribution >= 0.6 is 0 Å². The lowest BCUT2D eigenvalue weighted by atomic mass is 9.74. The summed E-state index contributed by atoms with van der Waals surface area (Å²) in [5, 5.41) is 0. The summed E-state index contributed by atoms with van der Waals surface area (Å²) in [5.41, 5.74) is 6.96. The van der Waals surface area contributed by atoms with Crippen LogP contribution in [-0.4, -0.2) is 41.8 Å². The van der Waals surface area contributed by atoms with Gasteiger partial charge in [-0.3, -0.25) is 9.69 Å². The normalized spacial score (nSPS) is 17.0. The molecule has 0 atom stereocenters. The fraction of sp³-hybridized carbons (Fsp3) is 0.375. The summed E-state index contributed by atoms with van der Waals surface area (Å²) >= 11 is 0. The fourth-order valence-corrected chi connectivity index (χ4v) is 5.76. The number of carbonyl (C=O) groups is 1. The average Bonchev–Trinajstić information content (AvgIpc) is 3.23. The smallest absolute Gasteiger partial charge is 0.320 e. The molecule has 0 radical (unpaired) electrons. The van der Waals surface area contributed by atoms with Crippen LogP contribution in [0.3, 0.4) is 0 Å². The van der Waals surface area contributed by atoms with Gasteiger partial charge < -0.3 is 4.74 Å². The van der Waals surface area contributed by atoms with Crippen LogP contribution in [0, 0.1) is 0 Å². The van der Waals surface area contributed by atoms with Crippen LogP contribution in [0.1, 0.15) is 62.3 Å². The summed E-state index contributed by atoms with van der Waals surface area (Å²) in [4.78, 5) is 19.9. The number of likely N-dealkylation sites (tertiary alicyclic amines) is 1. The minimum atomic E-state index is -0.437. The average molecular weight is 481 g/mol. The van der Waals surface area contributed by atoms with Crippen LogP contribution in [0.2, 0.25) is 0 Å². The third-order valence-electron chi connectivity index (χ3n) is 7.49. The van der Waals surface area contributed by atoms with Crippen LogP contribution < -0.4 is 0 Å². The lowest BCUT2D eigenvalue weighted by Gasteiger charge is -2.40. The molecule has 3 aromatic carbocycles. The van der Waals surface area contributed by atoms with E-state index in [1.807, 2.05) is 32.9 Å². The van der Waals surface area contributed by atoms with E-state index in [9.17, 15) is 4.79 Å². The zero-order chi connectivity index (χ0) is 25.2. The highest BCUT2D eigenvalue weighted by Crippen LogP contribution is 2.49. The lowest BCUT2D eigenvalue weighted by Crippen LogP contribution is -2.44. The van der Waals surface area contributed by atoms with Gasteiger partial charge in [-0.2, -0.15) is 0 Å². The molecule has 3 aromatic rings. The summed E-state index contributed by atoms with van der Waals surface area (Å²) in [6, 6.07) is 27.6. The Labute approximate surface area is 215 Å². The van der Waals surface area contributed by atoms with Gasteiger partial charge in [0.2, 0.25) is 0 Å². The Morgan fingerprint density at radius 3 is 2.06 bits per heavy atom. The van der Waals surface area contributed by atoms with Crippen LogP contribution in [0.15, 0.2) is 83.9 Å². The number of benzene rings is 3. The molecule has 4 nitrogen and oxygen atoms in total. The van der Waals surface area contributed by atoms with Crippen LogP contribution in [-0.2, 0) is 21.4 Å². The van der Waals surface area contributed by atoms with Gasteiger partial charge in [-0.05, 0) is 82.2 Å². The van der Waals surface area contributed by atoms with Crippen LogP contribution in [0.5, 0.6) is 0 Å². The molecule has 0 amide bonds. The summed E-state index contributed by atoms with van der Waals surface area (Å²) in [7, 11) is 0. The molecule has 0 unspecified atom stereocenters. The Morgan fingerprint density at radius 2 is 1.47 bits per heavy atom. The number of rotatable bonds is 5. The summed E-state index contributed by atoms with van der Waals surface area (Å²) in [6.07, 6.45) is 4.35. The molecule has 0 saturated carbocycles. The van der Waals surface area contributed by atoms with E-state index in [4.69, 9.17) is 9.73 Å². The van der Waals surface area contributed by atoms with E-state index >= 15 is 0 Å². The van der Waals surface area contributed by atoms with E-state index in [-0.39, 0.29) is 11.4 Å². The molecule has 186 valence electrons. The lowest BCUT2D eigenvalue weighted by molar-refractivity contribution is -0.156. The van der Waals surface area contributed by atoms with E-state index in [0.717, 1.165) is 61.3 Å². The molecule has 0 aromatic heterocycles.